The molecule has 1 saturated heterocycles. The van der Waals surface area contributed by atoms with E-state index in [1.807, 2.05) is 32.8 Å². The van der Waals surface area contributed by atoms with Crippen molar-refractivity contribution in [1.82, 2.24) is 14.7 Å². The molecule has 0 saturated carbocycles. The Balaban J connectivity index is 2.60. The van der Waals surface area contributed by atoms with Crippen molar-refractivity contribution in [3.8, 4) is 0 Å². The lowest BCUT2D eigenvalue weighted by molar-refractivity contribution is 0.0690. The number of carbonyl (C=O) groups excluding carboxylic acids is 2. The number of likely N-dealkylation sites (N-methyl/N-ethyl adjacent to an activating group) is 1. The highest BCUT2D eigenvalue weighted by atomic mass is 16.6. The standard InChI is InChI=1S/C14H26BN3O3/c1-11(2)21-14(20)18-7-5-6-12(18)10-17(13(15)19)9-8-16(3)4/h11-12H,5-10H2,1-4H3. The fraction of sp³-hybridized carbons (Fsp3) is 0.857. The van der Waals surface area contributed by atoms with Crippen molar-refractivity contribution in [3.05, 3.63) is 0 Å². The first-order valence-electron chi connectivity index (χ1n) is 7.47. The zero-order valence-corrected chi connectivity index (χ0v) is 13.5. The molecule has 1 heterocycles. The quantitative estimate of drug-likeness (QED) is 0.690. The van der Waals surface area contributed by atoms with Crippen molar-refractivity contribution in [3.63, 3.8) is 0 Å². The maximum absolute atomic E-state index is 12.0. The minimum atomic E-state index is -0.444. The summed E-state index contributed by atoms with van der Waals surface area (Å²) < 4.78 is 5.25. The highest BCUT2D eigenvalue weighted by Crippen LogP contribution is 2.20. The molecule has 1 aliphatic heterocycles. The van der Waals surface area contributed by atoms with Crippen LogP contribution in [0.25, 0.3) is 0 Å². The summed E-state index contributed by atoms with van der Waals surface area (Å²) in [7, 11) is 9.33. The molecule has 1 unspecified atom stereocenters. The molecule has 6 nitrogen and oxygen atoms in total. The van der Waals surface area contributed by atoms with E-state index in [0.717, 1.165) is 19.4 Å². The van der Waals surface area contributed by atoms with Crippen molar-refractivity contribution in [1.29, 1.82) is 0 Å². The number of likely N-dealkylation sites (tertiary alicyclic amines) is 1. The molecule has 1 rings (SSSR count). The largest absolute Gasteiger partial charge is 0.447 e. The maximum Gasteiger partial charge on any atom is 0.410 e. The van der Waals surface area contributed by atoms with Crippen LogP contribution in [0, 0.1) is 0 Å². The molecule has 0 N–H and O–H groups in total. The van der Waals surface area contributed by atoms with Crippen LogP contribution >= 0.6 is 0 Å². The SMILES string of the molecule is [B]C(=O)N(CCN(C)C)CC1CCCN1C(=O)OC(C)C. The van der Waals surface area contributed by atoms with Gasteiger partial charge in [0.05, 0.1) is 12.1 Å². The van der Waals surface area contributed by atoms with Crippen LogP contribution < -0.4 is 0 Å². The van der Waals surface area contributed by atoms with E-state index < -0.39 is 5.81 Å². The molecule has 1 aliphatic rings. The van der Waals surface area contributed by atoms with Gasteiger partial charge >= 0.3 is 6.09 Å². The highest BCUT2D eigenvalue weighted by molar-refractivity contribution is 6.56. The third kappa shape index (κ3) is 5.95. The molecule has 0 spiro atoms. The van der Waals surface area contributed by atoms with E-state index in [4.69, 9.17) is 12.6 Å². The molecule has 2 amide bonds. The molecule has 21 heavy (non-hydrogen) atoms. The van der Waals surface area contributed by atoms with E-state index in [1.165, 1.54) is 0 Å². The fourth-order valence-electron chi connectivity index (χ4n) is 2.40. The molecule has 2 radical (unpaired) electrons. The van der Waals surface area contributed by atoms with Gasteiger partial charge in [-0.25, -0.2) is 4.79 Å². The van der Waals surface area contributed by atoms with Crippen molar-refractivity contribution < 1.29 is 14.3 Å². The molecule has 1 atom stereocenters. The number of amides is 2. The number of hydrogen-bond acceptors (Lipinski definition) is 4. The highest BCUT2D eigenvalue weighted by Gasteiger charge is 2.32. The van der Waals surface area contributed by atoms with Gasteiger partial charge in [-0.15, -0.1) is 0 Å². The minimum absolute atomic E-state index is 0.00841. The monoisotopic (exact) mass is 295 g/mol. The van der Waals surface area contributed by atoms with Gasteiger partial charge in [0.25, 0.3) is 0 Å². The number of ether oxygens (including phenoxy) is 1. The second-order valence-electron chi connectivity index (χ2n) is 6.01. The van der Waals surface area contributed by atoms with Crippen LogP contribution in [-0.2, 0) is 4.74 Å². The lowest BCUT2D eigenvalue weighted by Crippen LogP contribution is -2.47. The number of hydrogen-bond donors (Lipinski definition) is 0. The molecular weight excluding hydrogens is 269 g/mol. The Morgan fingerprint density at radius 3 is 2.52 bits per heavy atom. The molecule has 118 valence electrons. The summed E-state index contributed by atoms with van der Waals surface area (Å²) in [6.45, 7) is 6.11. The van der Waals surface area contributed by atoms with E-state index in [0.29, 0.717) is 19.6 Å². The van der Waals surface area contributed by atoms with Gasteiger partial charge in [-0.3, -0.25) is 4.79 Å². The first-order chi connectivity index (χ1) is 9.81. The molecule has 7 heteroatoms. The Morgan fingerprint density at radius 1 is 1.33 bits per heavy atom. The topological polar surface area (TPSA) is 53.1 Å². The first kappa shape index (κ1) is 17.8. The zero-order valence-electron chi connectivity index (χ0n) is 13.5. The second kappa shape index (κ2) is 8.27. The Hall–Kier alpha value is -1.24. The van der Waals surface area contributed by atoms with Crippen molar-refractivity contribution >= 4 is 19.7 Å². The average molecular weight is 295 g/mol. The fourth-order valence-corrected chi connectivity index (χ4v) is 2.40. The number of carbonyl (C=O) groups is 2. The molecule has 0 aromatic rings. The molecular formula is C14H26BN3O3. The summed E-state index contributed by atoms with van der Waals surface area (Å²) in [6.07, 6.45) is 1.36. The number of nitrogens with zero attached hydrogens (tertiary/aromatic N) is 3. The minimum Gasteiger partial charge on any atom is -0.447 e. The van der Waals surface area contributed by atoms with Crippen molar-refractivity contribution in [2.24, 2.45) is 0 Å². The van der Waals surface area contributed by atoms with E-state index >= 15 is 0 Å². The number of rotatable bonds is 6. The van der Waals surface area contributed by atoms with Crippen LogP contribution in [0.15, 0.2) is 0 Å². The molecule has 0 aromatic heterocycles. The molecule has 0 bridgehead atoms. The Bertz CT molecular complexity index is 363. The van der Waals surface area contributed by atoms with E-state index in [9.17, 15) is 9.59 Å². The van der Waals surface area contributed by atoms with Crippen molar-refractivity contribution in [2.45, 2.75) is 38.8 Å². The third-order valence-corrected chi connectivity index (χ3v) is 3.51. The van der Waals surface area contributed by atoms with Crippen LogP contribution in [0.4, 0.5) is 9.59 Å². The van der Waals surface area contributed by atoms with Gasteiger partial charge in [-0.1, -0.05) is 0 Å². The van der Waals surface area contributed by atoms with E-state index in [1.54, 1.807) is 9.80 Å². The maximum atomic E-state index is 12.0. The molecule has 0 aliphatic carbocycles. The van der Waals surface area contributed by atoms with Crippen LogP contribution in [0.5, 0.6) is 0 Å². The smallest absolute Gasteiger partial charge is 0.410 e. The van der Waals surface area contributed by atoms with Crippen LogP contribution in [0.2, 0.25) is 0 Å². The van der Waals surface area contributed by atoms with Gasteiger partial charge in [0.2, 0.25) is 7.85 Å². The zero-order chi connectivity index (χ0) is 16.0. The predicted octanol–water partition coefficient (Wildman–Crippen LogP) is 1.15. The van der Waals surface area contributed by atoms with Gasteiger partial charge in [0.1, 0.15) is 0 Å². The lowest BCUT2D eigenvalue weighted by Gasteiger charge is -2.31. The third-order valence-electron chi connectivity index (χ3n) is 3.51. The summed E-state index contributed by atoms with van der Waals surface area (Å²) in [5, 5.41) is 0. The van der Waals surface area contributed by atoms with Gasteiger partial charge in [0, 0.05) is 26.2 Å². The van der Waals surface area contributed by atoms with Crippen LogP contribution in [0.1, 0.15) is 26.7 Å². The Labute approximate surface area is 128 Å². The van der Waals surface area contributed by atoms with Crippen LogP contribution in [0.3, 0.4) is 0 Å². The summed E-state index contributed by atoms with van der Waals surface area (Å²) in [5.41, 5.74) is 0. The summed E-state index contributed by atoms with van der Waals surface area (Å²) >= 11 is 0. The van der Waals surface area contributed by atoms with E-state index in [-0.39, 0.29) is 18.2 Å². The van der Waals surface area contributed by atoms with E-state index in [2.05, 4.69) is 0 Å². The van der Waals surface area contributed by atoms with Crippen molar-refractivity contribution in [2.75, 3.05) is 40.3 Å². The molecule has 1 fully saturated rings. The lowest BCUT2D eigenvalue weighted by atomic mass is 10.1. The van der Waals surface area contributed by atoms with Gasteiger partial charge in [-0.2, -0.15) is 0 Å². The summed E-state index contributed by atoms with van der Waals surface area (Å²) in [4.78, 5) is 28.9. The van der Waals surface area contributed by atoms with Gasteiger partial charge in [0.15, 0.2) is 5.81 Å². The first-order valence-corrected chi connectivity index (χ1v) is 7.47. The van der Waals surface area contributed by atoms with Gasteiger partial charge in [-0.05, 0) is 40.8 Å². The predicted molar refractivity (Wildman–Crippen MR) is 82.6 cm³/mol. The van der Waals surface area contributed by atoms with Crippen LogP contribution in [-0.4, -0.2) is 86.9 Å². The van der Waals surface area contributed by atoms with Gasteiger partial charge < -0.3 is 19.4 Å². The normalized spacial score (nSPS) is 18.4. The Kier molecular flexibility index (Phi) is 7.01. The summed E-state index contributed by atoms with van der Waals surface area (Å²) in [5.74, 6) is -0.444. The Morgan fingerprint density at radius 2 is 2.00 bits per heavy atom. The summed E-state index contributed by atoms with van der Waals surface area (Å²) in [6, 6.07) is -0.00841. The second-order valence-corrected chi connectivity index (χ2v) is 6.01. The average Bonchev–Trinajstić information content (AvgIpc) is 2.81. The molecule has 0 aromatic carbocycles.